The molecule has 0 saturated heterocycles. The monoisotopic (exact) mass is 600 g/mol. The van der Waals surface area contributed by atoms with E-state index in [-0.39, 0.29) is 41.6 Å². The lowest BCUT2D eigenvalue weighted by atomic mass is 9.82. The minimum atomic E-state index is -0.878. The number of Topliss-reactive ketones (excluding diaryl/α,β-unsaturated/α-hetero) is 1. The van der Waals surface area contributed by atoms with Gasteiger partial charge < -0.3 is 34.8 Å². The first-order valence-corrected chi connectivity index (χ1v) is 15.7. The first-order chi connectivity index (χ1) is 21.4. The van der Waals surface area contributed by atoms with E-state index in [2.05, 4.69) is 9.97 Å². The molecule has 5 N–H and O–H groups in total. The number of hydrogen-bond acceptors (Lipinski definition) is 6. The van der Waals surface area contributed by atoms with Crippen LogP contribution >= 0.6 is 0 Å². The van der Waals surface area contributed by atoms with Gasteiger partial charge in [-0.05, 0) is 116 Å². The molecule has 5 rings (SSSR count). The summed E-state index contributed by atoms with van der Waals surface area (Å²) in [6, 6.07) is 14.5. The number of aliphatic hydroxyl groups excluding tert-OH is 1. The van der Waals surface area contributed by atoms with Gasteiger partial charge in [0.1, 0.15) is 5.78 Å². The number of aliphatic hydroxyl groups is 1. The van der Waals surface area contributed by atoms with Crippen molar-refractivity contribution in [2.24, 2.45) is 11.8 Å². The van der Waals surface area contributed by atoms with Gasteiger partial charge in [-0.3, -0.25) is 4.79 Å². The van der Waals surface area contributed by atoms with E-state index in [1.165, 1.54) is 13.5 Å². The molecule has 0 radical (unpaired) electrons. The summed E-state index contributed by atoms with van der Waals surface area (Å²) in [7, 11) is 1.50. The summed E-state index contributed by atoms with van der Waals surface area (Å²) < 4.78 is 11.5. The van der Waals surface area contributed by atoms with Gasteiger partial charge in [-0.2, -0.15) is 0 Å². The molecule has 44 heavy (non-hydrogen) atoms. The molecule has 1 fully saturated rings. The Balaban J connectivity index is 1.33. The van der Waals surface area contributed by atoms with Crippen LogP contribution < -0.4 is 9.47 Å². The van der Waals surface area contributed by atoms with Gasteiger partial charge >= 0.3 is 0 Å². The zero-order valence-electron chi connectivity index (χ0n) is 25.4. The Morgan fingerprint density at radius 1 is 0.795 bits per heavy atom. The summed E-state index contributed by atoms with van der Waals surface area (Å²) in [4.78, 5) is 20.0. The van der Waals surface area contributed by atoms with Crippen molar-refractivity contribution in [2.75, 3.05) is 7.11 Å². The molecule has 3 atom stereocenters. The van der Waals surface area contributed by atoms with Gasteiger partial charge in [-0.1, -0.05) is 18.6 Å². The highest BCUT2D eigenvalue weighted by Gasteiger charge is 2.28. The molecule has 2 aromatic heterocycles. The summed E-state index contributed by atoms with van der Waals surface area (Å²) in [5.41, 5.74) is 3.89. The molecule has 2 heterocycles. The van der Waals surface area contributed by atoms with Crippen LogP contribution in [-0.4, -0.2) is 50.4 Å². The van der Waals surface area contributed by atoms with Crippen molar-refractivity contribution >= 4 is 5.78 Å². The molecule has 1 saturated carbocycles. The van der Waals surface area contributed by atoms with Crippen LogP contribution in [0.15, 0.2) is 73.3 Å². The third-order valence-electron chi connectivity index (χ3n) is 8.81. The van der Waals surface area contributed by atoms with E-state index in [1.54, 1.807) is 24.3 Å². The lowest BCUT2D eigenvalue weighted by Crippen LogP contribution is -2.31. The number of carbonyl (C=O) groups excluding carboxylic acids is 1. The second-order valence-electron chi connectivity index (χ2n) is 12.1. The standard InChI is InChI=1S/C36H44N2O6/c1-43-35-19-24(7-9-31(35)39)15-28(17-26-11-13-37-22-26)33(41)21-34(42)29(18-27-12-14-38-23-27)16-25-8-10-32(40)36(20-25)44-30-5-3-2-4-6-30/h7-14,19-20,22-23,28-30,34,37-40,42H,2-6,15-18,21H2,1H3/t28-,29-,34+/m0/s1. The van der Waals surface area contributed by atoms with Gasteiger partial charge in [0.2, 0.25) is 0 Å². The van der Waals surface area contributed by atoms with E-state index >= 15 is 0 Å². The molecule has 1 aliphatic carbocycles. The maximum absolute atomic E-state index is 13.9. The minimum absolute atomic E-state index is 0.0168. The summed E-state index contributed by atoms with van der Waals surface area (Å²) in [5, 5.41) is 32.2. The lowest BCUT2D eigenvalue weighted by Gasteiger charge is -2.26. The van der Waals surface area contributed by atoms with Gasteiger partial charge in [0.05, 0.1) is 19.3 Å². The summed E-state index contributed by atoms with van der Waals surface area (Å²) >= 11 is 0. The number of aromatic hydroxyl groups is 2. The number of ketones is 1. The number of methoxy groups -OCH3 is 1. The number of hydrogen-bond donors (Lipinski definition) is 5. The molecule has 4 aromatic rings. The highest BCUT2D eigenvalue weighted by molar-refractivity contribution is 5.82. The number of nitrogens with one attached hydrogen (secondary N) is 2. The highest BCUT2D eigenvalue weighted by atomic mass is 16.5. The Kier molecular flexibility index (Phi) is 10.7. The Morgan fingerprint density at radius 2 is 1.36 bits per heavy atom. The number of ether oxygens (including phenoxy) is 2. The molecule has 234 valence electrons. The molecular weight excluding hydrogens is 556 g/mol. The number of aromatic amines is 2. The van der Waals surface area contributed by atoms with Crippen LogP contribution in [0.4, 0.5) is 0 Å². The van der Waals surface area contributed by atoms with Gasteiger partial charge in [0, 0.05) is 37.1 Å². The molecule has 1 aliphatic rings. The maximum atomic E-state index is 13.9. The predicted molar refractivity (Wildman–Crippen MR) is 169 cm³/mol. The van der Waals surface area contributed by atoms with Crippen LogP contribution in [0.3, 0.4) is 0 Å². The molecule has 2 aromatic carbocycles. The van der Waals surface area contributed by atoms with Crippen molar-refractivity contribution in [3.05, 3.63) is 95.6 Å². The fraction of sp³-hybridized carbons (Fsp3) is 0.417. The zero-order valence-corrected chi connectivity index (χ0v) is 25.4. The molecular formula is C36H44N2O6. The molecule has 0 amide bonds. The van der Waals surface area contributed by atoms with Crippen LogP contribution in [0, 0.1) is 11.8 Å². The van der Waals surface area contributed by atoms with E-state index in [4.69, 9.17) is 9.47 Å². The number of aromatic nitrogens is 2. The molecule has 0 aliphatic heterocycles. The van der Waals surface area contributed by atoms with Crippen molar-refractivity contribution in [3.8, 4) is 23.0 Å². The van der Waals surface area contributed by atoms with Crippen LogP contribution in [-0.2, 0) is 30.5 Å². The second-order valence-corrected chi connectivity index (χ2v) is 12.1. The first kappa shape index (κ1) is 31.3. The van der Waals surface area contributed by atoms with Gasteiger partial charge in [-0.25, -0.2) is 0 Å². The quantitative estimate of drug-likeness (QED) is 0.109. The number of H-pyrrole nitrogens is 2. The third kappa shape index (κ3) is 8.47. The Morgan fingerprint density at radius 3 is 2.00 bits per heavy atom. The van der Waals surface area contributed by atoms with Crippen molar-refractivity contribution in [2.45, 2.75) is 76.4 Å². The summed E-state index contributed by atoms with van der Waals surface area (Å²) in [6.07, 6.45) is 14.3. The van der Waals surface area contributed by atoms with E-state index in [0.29, 0.717) is 37.2 Å². The first-order valence-electron chi connectivity index (χ1n) is 15.7. The highest BCUT2D eigenvalue weighted by Crippen LogP contribution is 2.33. The van der Waals surface area contributed by atoms with Gasteiger partial charge in [0.25, 0.3) is 0 Å². The van der Waals surface area contributed by atoms with E-state index < -0.39 is 6.10 Å². The van der Waals surface area contributed by atoms with Crippen molar-refractivity contribution < 1.29 is 29.6 Å². The number of benzene rings is 2. The fourth-order valence-corrected chi connectivity index (χ4v) is 6.32. The van der Waals surface area contributed by atoms with Crippen LogP contribution in [0.5, 0.6) is 23.0 Å². The average molecular weight is 601 g/mol. The van der Waals surface area contributed by atoms with Gasteiger partial charge in [-0.15, -0.1) is 0 Å². The molecule has 0 bridgehead atoms. The zero-order chi connectivity index (χ0) is 30.9. The van der Waals surface area contributed by atoms with Crippen molar-refractivity contribution in [3.63, 3.8) is 0 Å². The maximum Gasteiger partial charge on any atom is 0.161 e. The minimum Gasteiger partial charge on any atom is -0.504 e. The Labute approximate surface area is 259 Å². The molecule has 8 nitrogen and oxygen atoms in total. The number of phenols is 2. The third-order valence-corrected chi connectivity index (χ3v) is 8.81. The number of phenolic OH excluding ortho intramolecular Hbond substituents is 2. The fourth-order valence-electron chi connectivity index (χ4n) is 6.32. The van der Waals surface area contributed by atoms with E-state index in [9.17, 15) is 20.1 Å². The van der Waals surface area contributed by atoms with Gasteiger partial charge in [0.15, 0.2) is 23.0 Å². The lowest BCUT2D eigenvalue weighted by molar-refractivity contribution is -0.125. The normalized spacial score (nSPS) is 15.9. The smallest absolute Gasteiger partial charge is 0.161 e. The SMILES string of the molecule is COc1cc(C[C@@H](Cc2cc[nH]c2)C(=O)C[C@@H](O)[C@H](Cc2cc[nH]c2)Cc2ccc(O)c(OC3CCCCC3)c2)ccc1O. The molecule has 0 spiro atoms. The molecule has 0 unspecified atom stereocenters. The van der Waals surface area contributed by atoms with Crippen LogP contribution in [0.1, 0.15) is 60.8 Å². The van der Waals surface area contributed by atoms with Crippen molar-refractivity contribution in [1.29, 1.82) is 0 Å². The largest absolute Gasteiger partial charge is 0.504 e. The predicted octanol–water partition coefficient (Wildman–Crippen LogP) is 6.30. The topological polar surface area (TPSA) is 128 Å². The average Bonchev–Trinajstić information content (AvgIpc) is 3.74. The summed E-state index contributed by atoms with van der Waals surface area (Å²) in [5.74, 6) is 0.399. The van der Waals surface area contributed by atoms with Crippen molar-refractivity contribution in [1.82, 2.24) is 9.97 Å². The van der Waals surface area contributed by atoms with Crippen LogP contribution in [0.25, 0.3) is 0 Å². The van der Waals surface area contributed by atoms with E-state index in [0.717, 1.165) is 47.9 Å². The summed E-state index contributed by atoms with van der Waals surface area (Å²) in [6.45, 7) is 0. The Bertz CT molecular complexity index is 1460. The van der Waals surface area contributed by atoms with E-state index in [1.807, 2.05) is 49.1 Å². The Hall–Kier alpha value is -4.17. The second kappa shape index (κ2) is 15.0. The molecule has 8 heteroatoms. The number of carbonyl (C=O) groups is 1. The van der Waals surface area contributed by atoms with Crippen LogP contribution in [0.2, 0.25) is 0 Å². The number of rotatable bonds is 15.